The minimum atomic E-state index is 0.568. The van der Waals surface area contributed by atoms with Crippen molar-refractivity contribution in [2.24, 2.45) is 4.99 Å². The monoisotopic (exact) mass is 415 g/mol. The Kier molecular flexibility index (Phi) is 6.31. The van der Waals surface area contributed by atoms with Gasteiger partial charge in [0.1, 0.15) is 5.65 Å². The molecule has 7 nitrogen and oxygen atoms in total. The van der Waals surface area contributed by atoms with Gasteiger partial charge in [0.2, 0.25) is 0 Å². The van der Waals surface area contributed by atoms with Crippen LogP contribution in [-0.2, 0) is 13.0 Å². The number of fused-ring (bicyclic) bond motifs is 1. The highest BCUT2D eigenvalue weighted by Gasteiger charge is 2.09. The summed E-state index contributed by atoms with van der Waals surface area (Å²) in [6.07, 6.45) is 4.92. The van der Waals surface area contributed by atoms with E-state index in [9.17, 15) is 0 Å². The van der Waals surface area contributed by atoms with Gasteiger partial charge >= 0.3 is 0 Å². The first-order valence-electron chi connectivity index (χ1n) is 10.7. The van der Waals surface area contributed by atoms with E-state index in [-0.39, 0.29) is 0 Å². The minimum absolute atomic E-state index is 0.568. The Bertz CT molecular complexity index is 1150. The zero-order chi connectivity index (χ0) is 21.6. The Morgan fingerprint density at radius 1 is 1.06 bits per heavy atom. The second-order valence-corrected chi connectivity index (χ2v) is 7.54. The highest BCUT2D eigenvalue weighted by atomic mass is 15.3. The number of benzene rings is 1. The van der Waals surface area contributed by atoms with E-state index < -0.39 is 0 Å². The van der Waals surface area contributed by atoms with Gasteiger partial charge in [0.05, 0.1) is 23.6 Å². The van der Waals surface area contributed by atoms with Crippen molar-refractivity contribution < 1.29 is 0 Å². The number of pyridine rings is 1. The first-order chi connectivity index (χ1) is 15.1. The third-order valence-electron chi connectivity index (χ3n) is 5.07. The SMILES string of the molecule is CCNC(=NCc1ccccc1-n1nc(C)cc1C)NCCc1cn2ccccc2n1. The standard InChI is InChI=1S/C24H29N7/c1-4-25-24(26-13-12-21-17-30-14-8-7-11-23(30)28-21)27-16-20-9-5-6-10-22(20)31-19(3)15-18(2)29-31/h5-11,14-15,17H,4,12-13,16H2,1-3H3,(H2,25,26,27). The van der Waals surface area contributed by atoms with Crippen LogP contribution in [0, 0.1) is 13.8 Å². The van der Waals surface area contributed by atoms with Gasteiger partial charge in [0, 0.05) is 37.6 Å². The molecular weight excluding hydrogens is 386 g/mol. The number of aromatic nitrogens is 4. The van der Waals surface area contributed by atoms with E-state index in [2.05, 4.69) is 59.0 Å². The molecule has 0 amide bonds. The maximum Gasteiger partial charge on any atom is 0.191 e. The molecule has 0 atom stereocenters. The summed E-state index contributed by atoms with van der Waals surface area (Å²) in [6, 6.07) is 16.4. The first-order valence-corrected chi connectivity index (χ1v) is 10.7. The second-order valence-electron chi connectivity index (χ2n) is 7.54. The summed E-state index contributed by atoms with van der Waals surface area (Å²) in [5.41, 5.74) is 6.36. The lowest BCUT2D eigenvalue weighted by Crippen LogP contribution is -2.38. The van der Waals surface area contributed by atoms with Crippen LogP contribution >= 0.6 is 0 Å². The lowest BCUT2D eigenvalue weighted by Gasteiger charge is -2.13. The summed E-state index contributed by atoms with van der Waals surface area (Å²) in [5, 5.41) is 11.4. The van der Waals surface area contributed by atoms with E-state index in [1.807, 2.05) is 52.5 Å². The summed E-state index contributed by atoms with van der Waals surface area (Å²) in [5.74, 6) is 0.800. The molecule has 0 spiro atoms. The van der Waals surface area contributed by atoms with E-state index in [4.69, 9.17) is 4.99 Å². The molecule has 0 fully saturated rings. The van der Waals surface area contributed by atoms with Gasteiger partial charge in [0.25, 0.3) is 0 Å². The largest absolute Gasteiger partial charge is 0.357 e. The van der Waals surface area contributed by atoms with Crippen molar-refractivity contribution in [3.05, 3.63) is 83.6 Å². The Balaban J connectivity index is 1.44. The van der Waals surface area contributed by atoms with E-state index in [0.717, 1.165) is 59.4 Å². The van der Waals surface area contributed by atoms with E-state index in [1.54, 1.807) is 0 Å². The van der Waals surface area contributed by atoms with Gasteiger partial charge in [0.15, 0.2) is 5.96 Å². The molecule has 7 heteroatoms. The van der Waals surface area contributed by atoms with Crippen molar-refractivity contribution >= 4 is 11.6 Å². The van der Waals surface area contributed by atoms with Crippen molar-refractivity contribution in [1.29, 1.82) is 0 Å². The molecule has 0 saturated carbocycles. The maximum atomic E-state index is 4.81. The van der Waals surface area contributed by atoms with Crippen LogP contribution in [0.4, 0.5) is 0 Å². The molecule has 0 aliphatic rings. The first kappa shape index (κ1) is 20.7. The van der Waals surface area contributed by atoms with E-state index in [0.29, 0.717) is 6.54 Å². The van der Waals surface area contributed by atoms with Crippen LogP contribution in [-0.4, -0.2) is 38.2 Å². The van der Waals surface area contributed by atoms with Gasteiger partial charge < -0.3 is 15.0 Å². The molecular formula is C24H29N7. The molecule has 4 rings (SSSR count). The third-order valence-corrected chi connectivity index (χ3v) is 5.07. The normalized spacial score (nSPS) is 11.8. The van der Waals surface area contributed by atoms with Gasteiger partial charge in [-0.25, -0.2) is 14.7 Å². The number of nitrogens with zero attached hydrogens (tertiary/aromatic N) is 5. The van der Waals surface area contributed by atoms with Gasteiger partial charge in [-0.05, 0) is 50.6 Å². The number of nitrogens with one attached hydrogen (secondary N) is 2. The van der Waals surface area contributed by atoms with Crippen LogP contribution in [0.25, 0.3) is 11.3 Å². The van der Waals surface area contributed by atoms with Crippen molar-refractivity contribution in [1.82, 2.24) is 29.8 Å². The minimum Gasteiger partial charge on any atom is -0.357 e. The molecule has 2 N–H and O–H groups in total. The zero-order valence-electron chi connectivity index (χ0n) is 18.3. The fourth-order valence-electron chi connectivity index (χ4n) is 3.65. The van der Waals surface area contributed by atoms with Gasteiger partial charge in [-0.2, -0.15) is 5.10 Å². The molecule has 0 radical (unpaired) electrons. The number of guanidine groups is 1. The number of hydrogen-bond donors (Lipinski definition) is 2. The molecule has 31 heavy (non-hydrogen) atoms. The Hall–Kier alpha value is -3.61. The quantitative estimate of drug-likeness (QED) is 0.358. The summed E-state index contributed by atoms with van der Waals surface area (Å²) >= 11 is 0. The maximum absolute atomic E-state index is 4.81. The number of aryl methyl sites for hydroxylation is 2. The molecule has 0 aliphatic carbocycles. The predicted molar refractivity (Wildman–Crippen MR) is 125 cm³/mol. The fraction of sp³-hybridized carbons (Fsp3) is 0.292. The fourth-order valence-corrected chi connectivity index (χ4v) is 3.65. The van der Waals surface area contributed by atoms with Crippen molar-refractivity contribution in [2.45, 2.75) is 33.7 Å². The van der Waals surface area contributed by atoms with Crippen LogP contribution in [0.1, 0.15) is 29.6 Å². The van der Waals surface area contributed by atoms with Crippen LogP contribution in [0.3, 0.4) is 0 Å². The molecule has 160 valence electrons. The van der Waals surface area contributed by atoms with Gasteiger partial charge in [-0.1, -0.05) is 24.3 Å². The number of aliphatic imine (C=N–C) groups is 1. The number of para-hydroxylation sites is 1. The summed E-state index contributed by atoms with van der Waals surface area (Å²) in [4.78, 5) is 9.47. The van der Waals surface area contributed by atoms with E-state index in [1.165, 1.54) is 0 Å². The van der Waals surface area contributed by atoms with E-state index >= 15 is 0 Å². The number of imidazole rings is 1. The zero-order valence-corrected chi connectivity index (χ0v) is 18.3. The molecule has 3 heterocycles. The molecule has 0 saturated heterocycles. The highest BCUT2D eigenvalue weighted by Crippen LogP contribution is 2.17. The average Bonchev–Trinajstić information content (AvgIpc) is 3.34. The Labute approximate surface area is 182 Å². The molecule has 0 unspecified atom stereocenters. The second kappa shape index (κ2) is 9.47. The summed E-state index contributed by atoms with van der Waals surface area (Å²) in [7, 11) is 0. The van der Waals surface area contributed by atoms with Crippen LogP contribution in [0.5, 0.6) is 0 Å². The summed E-state index contributed by atoms with van der Waals surface area (Å²) in [6.45, 7) is 8.29. The van der Waals surface area contributed by atoms with Gasteiger partial charge in [-0.3, -0.25) is 0 Å². The Morgan fingerprint density at radius 3 is 2.68 bits per heavy atom. The molecule has 0 bridgehead atoms. The predicted octanol–water partition coefficient (Wildman–Crippen LogP) is 3.43. The van der Waals surface area contributed by atoms with Crippen molar-refractivity contribution in [3.8, 4) is 5.69 Å². The Morgan fingerprint density at radius 2 is 1.90 bits per heavy atom. The van der Waals surface area contributed by atoms with Crippen LogP contribution in [0.15, 0.2) is 65.9 Å². The highest BCUT2D eigenvalue weighted by molar-refractivity contribution is 5.79. The van der Waals surface area contributed by atoms with Crippen LogP contribution in [0.2, 0.25) is 0 Å². The summed E-state index contributed by atoms with van der Waals surface area (Å²) < 4.78 is 4.04. The molecule has 0 aliphatic heterocycles. The lowest BCUT2D eigenvalue weighted by atomic mass is 10.2. The third kappa shape index (κ3) is 4.94. The molecule has 3 aromatic heterocycles. The van der Waals surface area contributed by atoms with Crippen molar-refractivity contribution in [3.63, 3.8) is 0 Å². The smallest absolute Gasteiger partial charge is 0.191 e. The lowest BCUT2D eigenvalue weighted by molar-refractivity contribution is 0.785. The van der Waals surface area contributed by atoms with Gasteiger partial charge in [-0.15, -0.1) is 0 Å². The number of hydrogen-bond acceptors (Lipinski definition) is 3. The van der Waals surface area contributed by atoms with Crippen molar-refractivity contribution in [2.75, 3.05) is 13.1 Å². The number of rotatable bonds is 7. The molecule has 4 aromatic rings. The topological polar surface area (TPSA) is 71.5 Å². The average molecular weight is 416 g/mol. The molecule has 1 aromatic carbocycles. The van der Waals surface area contributed by atoms with Crippen LogP contribution < -0.4 is 10.6 Å².